The highest BCUT2D eigenvalue weighted by Crippen LogP contribution is 2.13. The highest BCUT2D eigenvalue weighted by Gasteiger charge is 1.96. The van der Waals surface area contributed by atoms with Gasteiger partial charge in [0.1, 0.15) is 11.6 Å². The topological polar surface area (TPSA) is 47.0 Å². The van der Waals surface area contributed by atoms with Crippen molar-refractivity contribution in [1.29, 1.82) is 0 Å². The molecule has 1 heterocycles. The molecule has 0 atom stereocenters. The Morgan fingerprint density at radius 1 is 1.31 bits per heavy atom. The quantitative estimate of drug-likeness (QED) is 0.848. The van der Waals surface area contributed by atoms with Gasteiger partial charge >= 0.3 is 0 Å². The minimum Gasteiger partial charge on any atom is -0.497 e. The summed E-state index contributed by atoms with van der Waals surface area (Å²) >= 11 is 0. The fourth-order valence-electron chi connectivity index (χ4n) is 1.37. The summed E-state index contributed by atoms with van der Waals surface area (Å²) in [6, 6.07) is 7.91. The number of anilines is 1. The van der Waals surface area contributed by atoms with Crippen LogP contribution >= 0.6 is 0 Å². The lowest BCUT2D eigenvalue weighted by molar-refractivity contribution is 0.414. The van der Waals surface area contributed by atoms with E-state index in [0.29, 0.717) is 6.54 Å². The van der Waals surface area contributed by atoms with Gasteiger partial charge in [-0.05, 0) is 17.7 Å². The van der Waals surface area contributed by atoms with Crippen molar-refractivity contribution in [2.24, 2.45) is 0 Å². The number of aromatic nitrogens is 2. The Balaban J connectivity index is 1.99. The molecule has 2 aromatic rings. The Hall–Kier alpha value is -2.10. The zero-order valence-electron chi connectivity index (χ0n) is 9.05. The number of rotatable bonds is 4. The Morgan fingerprint density at radius 2 is 2.25 bits per heavy atom. The van der Waals surface area contributed by atoms with E-state index in [-0.39, 0.29) is 0 Å². The zero-order valence-corrected chi connectivity index (χ0v) is 9.05. The minimum atomic E-state index is 0.704. The third kappa shape index (κ3) is 2.70. The first-order valence-corrected chi connectivity index (χ1v) is 5.01. The maximum absolute atomic E-state index is 5.15. The maximum atomic E-state index is 5.15. The average molecular weight is 215 g/mol. The molecule has 0 saturated heterocycles. The van der Waals surface area contributed by atoms with E-state index < -0.39 is 0 Å². The fraction of sp³-hybridized carbons (Fsp3) is 0.167. The lowest BCUT2D eigenvalue weighted by Crippen LogP contribution is -2.01. The molecule has 0 aliphatic carbocycles. The average Bonchev–Trinajstić information content (AvgIpc) is 2.38. The van der Waals surface area contributed by atoms with Crippen molar-refractivity contribution in [2.45, 2.75) is 6.54 Å². The molecule has 1 N–H and O–H groups in total. The van der Waals surface area contributed by atoms with Gasteiger partial charge in [-0.25, -0.2) is 4.98 Å². The Labute approximate surface area is 94.3 Å². The second kappa shape index (κ2) is 5.11. The van der Waals surface area contributed by atoms with Crippen LogP contribution in [-0.4, -0.2) is 17.1 Å². The van der Waals surface area contributed by atoms with Gasteiger partial charge < -0.3 is 10.1 Å². The lowest BCUT2D eigenvalue weighted by atomic mass is 10.2. The van der Waals surface area contributed by atoms with E-state index in [0.717, 1.165) is 17.1 Å². The largest absolute Gasteiger partial charge is 0.497 e. The molecule has 2 rings (SSSR count). The number of nitrogens with one attached hydrogen (secondary N) is 1. The van der Waals surface area contributed by atoms with Gasteiger partial charge in [-0.3, -0.25) is 4.98 Å². The van der Waals surface area contributed by atoms with Crippen LogP contribution in [0.1, 0.15) is 5.56 Å². The van der Waals surface area contributed by atoms with E-state index in [1.165, 1.54) is 0 Å². The fourth-order valence-corrected chi connectivity index (χ4v) is 1.37. The van der Waals surface area contributed by atoms with Crippen molar-refractivity contribution in [3.63, 3.8) is 0 Å². The van der Waals surface area contributed by atoms with Crippen LogP contribution < -0.4 is 10.1 Å². The number of hydrogen-bond donors (Lipinski definition) is 1. The summed E-state index contributed by atoms with van der Waals surface area (Å²) in [5, 5.41) is 3.18. The Kier molecular flexibility index (Phi) is 3.33. The van der Waals surface area contributed by atoms with Gasteiger partial charge in [-0.15, -0.1) is 0 Å². The SMILES string of the molecule is COc1cccc(CNc2cnccn2)c1. The second-order valence-electron chi connectivity index (χ2n) is 3.30. The third-order valence-electron chi connectivity index (χ3n) is 2.17. The predicted molar refractivity (Wildman–Crippen MR) is 62.4 cm³/mol. The van der Waals surface area contributed by atoms with Gasteiger partial charge in [0, 0.05) is 18.9 Å². The van der Waals surface area contributed by atoms with Crippen LogP contribution in [0.5, 0.6) is 5.75 Å². The van der Waals surface area contributed by atoms with Crippen molar-refractivity contribution >= 4 is 5.82 Å². The molecule has 0 amide bonds. The highest BCUT2D eigenvalue weighted by atomic mass is 16.5. The van der Waals surface area contributed by atoms with E-state index >= 15 is 0 Å². The summed E-state index contributed by atoms with van der Waals surface area (Å²) in [4.78, 5) is 8.11. The smallest absolute Gasteiger partial charge is 0.144 e. The lowest BCUT2D eigenvalue weighted by Gasteiger charge is -2.06. The molecule has 1 aromatic carbocycles. The summed E-state index contributed by atoms with van der Waals surface area (Å²) < 4.78 is 5.15. The summed E-state index contributed by atoms with van der Waals surface area (Å²) in [6.07, 6.45) is 5.00. The Morgan fingerprint density at radius 3 is 3.00 bits per heavy atom. The van der Waals surface area contributed by atoms with E-state index in [2.05, 4.69) is 15.3 Å². The highest BCUT2D eigenvalue weighted by molar-refractivity contribution is 5.34. The normalized spacial score (nSPS) is 9.81. The summed E-state index contributed by atoms with van der Waals surface area (Å²) in [7, 11) is 1.66. The first-order valence-electron chi connectivity index (χ1n) is 5.01. The molecule has 4 nitrogen and oxygen atoms in total. The van der Waals surface area contributed by atoms with Gasteiger partial charge in [0.05, 0.1) is 13.3 Å². The van der Waals surface area contributed by atoms with Crippen LogP contribution in [0.15, 0.2) is 42.9 Å². The third-order valence-corrected chi connectivity index (χ3v) is 2.17. The first-order chi connectivity index (χ1) is 7.88. The van der Waals surface area contributed by atoms with E-state index in [1.807, 2.05) is 24.3 Å². The van der Waals surface area contributed by atoms with Gasteiger partial charge in [0.2, 0.25) is 0 Å². The summed E-state index contributed by atoms with van der Waals surface area (Å²) in [5.74, 6) is 1.63. The molecular weight excluding hydrogens is 202 g/mol. The van der Waals surface area contributed by atoms with Crippen molar-refractivity contribution in [3.05, 3.63) is 48.4 Å². The number of ether oxygens (including phenoxy) is 1. The van der Waals surface area contributed by atoms with Crippen molar-refractivity contribution in [1.82, 2.24) is 9.97 Å². The maximum Gasteiger partial charge on any atom is 0.144 e. The number of nitrogens with zero attached hydrogens (tertiary/aromatic N) is 2. The second-order valence-corrected chi connectivity index (χ2v) is 3.30. The monoisotopic (exact) mass is 215 g/mol. The molecule has 0 bridgehead atoms. The molecule has 4 heteroatoms. The van der Waals surface area contributed by atoms with Crippen LogP contribution in [0.2, 0.25) is 0 Å². The minimum absolute atomic E-state index is 0.704. The van der Waals surface area contributed by atoms with Crippen LogP contribution in [0, 0.1) is 0 Å². The van der Waals surface area contributed by atoms with E-state index in [9.17, 15) is 0 Å². The molecule has 16 heavy (non-hydrogen) atoms. The van der Waals surface area contributed by atoms with Crippen LogP contribution in [0.25, 0.3) is 0 Å². The first kappa shape index (κ1) is 10.4. The number of hydrogen-bond acceptors (Lipinski definition) is 4. The standard InChI is InChI=1S/C12H13N3O/c1-16-11-4-2-3-10(7-11)8-15-12-9-13-5-6-14-12/h2-7,9H,8H2,1H3,(H,14,15). The van der Waals surface area contributed by atoms with Crippen LogP contribution in [0.3, 0.4) is 0 Å². The summed E-state index contributed by atoms with van der Waals surface area (Å²) in [5.41, 5.74) is 1.14. The molecule has 82 valence electrons. The molecule has 0 aliphatic rings. The molecule has 0 radical (unpaired) electrons. The molecule has 0 fully saturated rings. The van der Waals surface area contributed by atoms with Crippen molar-refractivity contribution in [3.8, 4) is 5.75 Å². The molecular formula is C12H13N3O. The molecule has 0 aliphatic heterocycles. The van der Waals surface area contributed by atoms with Crippen molar-refractivity contribution < 1.29 is 4.74 Å². The van der Waals surface area contributed by atoms with Crippen LogP contribution in [0.4, 0.5) is 5.82 Å². The molecule has 1 aromatic heterocycles. The molecule has 0 saturated carbocycles. The van der Waals surface area contributed by atoms with E-state index in [4.69, 9.17) is 4.74 Å². The van der Waals surface area contributed by atoms with Gasteiger partial charge in [-0.2, -0.15) is 0 Å². The van der Waals surface area contributed by atoms with Gasteiger partial charge in [0.25, 0.3) is 0 Å². The molecule has 0 unspecified atom stereocenters. The molecule has 0 spiro atoms. The summed E-state index contributed by atoms with van der Waals surface area (Å²) in [6.45, 7) is 0.704. The zero-order chi connectivity index (χ0) is 11.2. The van der Waals surface area contributed by atoms with Gasteiger partial charge in [0.15, 0.2) is 0 Å². The van der Waals surface area contributed by atoms with E-state index in [1.54, 1.807) is 25.7 Å². The Bertz CT molecular complexity index is 445. The predicted octanol–water partition coefficient (Wildman–Crippen LogP) is 2.10. The number of methoxy groups -OCH3 is 1. The van der Waals surface area contributed by atoms with Crippen LogP contribution in [-0.2, 0) is 6.54 Å². The number of benzene rings is 1. The van der Waals surface area contributed by atoms with Crippen molar-refractivity contribution in [2.75, 3.05) is 12.4 Å². The van der Waals surface area contributed by atoms with Gasteiger partial charge in [-0.1, -0.05) is 12.1 Å².